The predicted octanol–water partition coefficient (Wildman–Crippen LogP) is 11.0. The summed E-state index contributed by atoms with van der Waals surface area (Å²) in [6.07, 6.45) is 3.67. The number of hydrogen-bond donors (Lipinski definition) is 0. The van der Waals surface area contributed by atoms with Gasteiger partial charge in [-0.3, -0.25) is 4.98 Å². The van der Waals surface area contributed by atoms with E-state index in [9.17, 15) is 5.26 Å². The molecule has 6 nitrogen and oxygen atoms in total. The molecule has 3 aromatic heterocycles. The van der Waals surface area contributed by atoms with Gasteiger partial charge in [0, 0.05) is 39.9 Å². The van der Waals surface area contributed by atoms with Gasteiger partial charge in [0.2, 0.25) is 0 Å². The molecule has 0 aliphatic rings. The predicted molar refractivity (Wildman–Crippen MR) is 202 cm³/mol. The summed E-state index contributed by atoms with van der Waals surface area (Å²) in [5, 5.41) is 11.3. The molecule has 0 radical (unpaired) electrons. The molecule has 3 heterocycles. The van der Waals surface area contributed by atoms with Gasteiger partial charge >= 0.3 is 0 Å². The lowest BCUT2D eigenvalue weighted by molar-refractivity contribution is 0.669. The van der Waals surface area contributed by atoms with E-state index in [0.29, 0.717) is 23.0 Å². The van der Waals surface area contributed by atoms with Crippen LogP contribution >= 0.6 is 0 Å². The number of furan rings is 1. The fourth-order valence-electron chi connectivity index (χ4n) is 6.51. The number of benzene rings is 6. The summed E-state index contributed by atoms with van der Waals surface area (Å²) >= 11 is 0. The molecule has 9 aromatic rings. The molecule has 9 rings (SSSR count). The van der Waals surface area contributed by atoms with Gasteiger partial charge in [-0.1, -0.05) is 109 Å². The molecule has 6 aromatic carbocycles. The quantitative estimate of drug-likeness (QED) is 0.177. The molecule has 238 valence electrons. The van der Waals surface area contributed by atoms with Gasteiger partial charge in [0.1, 0.15) is 11.2 Å². The first-order chi connectivity index (χ1) is 25.2. The summed E-state index contributed by atoms with van der Waals surface area (Å²) in [6.45, 7) is 0. The zero-order chi connectivity index (χ0) is 34.1. The van der Waals surface area contributed by atoms with Crippen molar-refractivity contribution in [1.29, 1.82) is 5.26 Å². The molecule has 0 spiro atoms. The number of nitrogens with zero attached hydrogens (tertiary/aromatic N) is 5. The van der Waals surface area contributed by atoms with Crippen LogP contribution in [-0.4, -0.2) is 19.9 Å². The average Bonchev–Trinajstić information content (AvgIpc) is 3.60. The van der Waals surface area contributed by atoms with E-state index in [1.54, 1.807) is 6.20 Å². The summed E-state index contributed by atoms with van der Waals surface area (Å²) in [7, 11) is 0. The minimum atomic E-state index is 0.552. The van der Waals surface area contributed by atoms with Gasteiger partial charge in [0.05, 0.1) is 11.6 Å². The van der Waals surface area contributed by atoms with Crippen molar-refractivity contribution in [2.45, 2.75) is 0 Å². The molecular formula is C45H27N5O. The van der Waals surface area contributed by atoms with E-state index in [-0.39, 0.29) is 0 Å². The fourth-order valence-corrected chi connectivity index (χ4v) is 6.51. The molecule has 0 N–H and O–H groups in total. The van der Waals surface area contributed by atoms with Crippen molar-refractivity contribution in [2.24, 2.45) is 0 Å². The topological polar surface area (TPSA) is 88.5 Å². The third-order valence-electron chi connectivity index (χ3n) is 9.08. The maximum atomic E-state index is 9.25. The molecule has 0 bridgehead atoms. The normalized spacial score (nSPS) is 11.1. The second-order valence-corrected chi connectivity index (χ2v) is 12.3. The van der Waals surface area contributed by atoms with Crippen LogP contribution in [0.25, 0.3) is 89.5 Å². The summed E-state index contributed by atoms with van der Waals surface area (Å²) in [4.78, 5) is 19.2. The van der Waals surface area contributed by atoms with E-state index in [0.717, 1.165) is 72.0 Å². The molecule has 0 saturated carbocycles. The maximum Gasteiger partial charge on any atom is 0.164 e. The monoisotopic (exact) mass is 653 g/mol. The van der Waals surface area contributed by atoms with Gasteiger partial charge in [-0.15, -0.1) is 0 Å². The lowest BCUT2D eigenvalue weighted by Gasteiger charge is -2.10. The lowest BCUT2D eigenvalue weighted by atomic mass is 9.97. The Morgan fingerprint density at radius 2 is 1.06 bits per heavy atom. The maximum absolute atomic E-state index is 9.25. The Bertz CT molecular complexity index is 2730. The van der Waals surface area contributed by atoms with Gasteiger partial charge in [0.15, 0.2) is 17.5 Å². The van der Waals surface area contributed by atoms with E-state index in [4.69, 9.17) is 19.4 Å². The second kappa shape index (κ2) is 12.7. The molecular weight excluding hydrogens is 627 g/mol. The van der Waals surface area contributed by atoms with Crippen molar-refractivity contribution in [2.75, 3.05) is 0 Å². The van der Waals surface area contributed by atoms with Crippen molar-refractivity contribution in [3.05, 3.63) is 170 Å². The van der Waals surface area contributed by atoms with Gasteiger partial charge < -0.3 is 4.42 Å². The first-order valence-corrected chi connectivity index (χ1v) is 16.6. The number of rotatable bonds is 6. The highest BCUT2D eigenvalue weighted by molar-refractivity contribution is 6.13. The highest BCUT2D eigenvalue weighted by atomic mass is 16.3. The smallest absolute Gasteiger partial charge is 0.164 e. The molecule has 0 fully saturated rings. The fraction of sp³-hybridized carbons (Fsp3) is 0. The van der Waals surface area contributed by atoms with Crippen LogP contribution in [0.2, 0.25) is 0 Å². The summed E-state index contributed by atoms with van der Waals surface area (Å²) < 4.78 is 6.48. The van der Waals surface area contributed by atoms with Crippen LogP contribution < -0.4 is 0 Å². The van der Waals surface area contributed by atoms with Crippen molar-refractivity contribution in [3.63, 3.8) is 0 Å². The number of hydrogen-bond acceptors (Lipinski definition) is 6. The van der Waals surface area contributed by atoms with Gasteiger partial charge in [-0.2, -0.15) is 5.26 Å². The zero-order valence-electron chi connectivity index (χ0n) is 27.2. The Hall–Kier alpha value is -7.23. The minimum absolute atomic E-state index is 0.552. The van der Waals surface area contributed by atoms with E-state index >= 15 is 0 Å². The number of pyridine rings is 1. The van der Waals surface area contributed by atoms with Crippen LogP contribution in [0, 0.1) is 11.3 Å². The molecule has 0 atom stereocenters. The number of aromatic nitrogens is 4. The second-order valence-electron chi connectivity index (χ2n) is 12.3. The van der Waals surface area contributed by atoms with Gasteiger partial charge in [0.25, 0.3) is 0 Å². The lowest BCUT2D eigenvalue weighted by Crippen LogP contribution is -2.00. The van der Waals surface area contributed by atoms with Crippen LogP contribution in [0.5, 0.6) is 0 Å². The number of nitriles is 1. The molecule has 0 aliphatic heterocycles. The largest absolute Gasteiger partial charge is 0.456 e. The third-order valence-corrected chi connectivity index (χ3v) is 9.08. The summed E-state index contributed by atoms with van der Waals surface area (Å²) in [5.74, 6) is 1.70. The van der Waals surface area contributed by atoms with Crippen LogP contribution in [0.1, 0.15) is 5.56 Å². The molecule has 0 unspecified atom stereocenters. The van der Waals surface area contributed by atoms with Crippen LogP contribution in [0.3, 0.4) is 0 Å². The standard InChI is InChI=1S/C45H27N5O/c46-27-29-14-16-30(17-15-29)34-9-4-10-35(25-34)44-48-43(33-7-2-1-3-8-33)49-45(50-44)36-22-23-39-41(26-36)51-40-13-5-12-38(42(39)40)32-20-18-31(19-21-32)37-11-6-24-47-28-37/h1-26,28H. The Labute approximate surface area is 294 Å². The van der Waals surface area contributed by atoms with Crippen molar-refractivity contribution in [3.8, 4) is 73.6 Å². The Morgan fingerprint density at radius 1 is 0.451 bits per heavy atom. The van der Waals surface area contributed by atoms with E-state index in [2.05, 4.69) is 65.7 Å². The van der Waals surface area contributed by atoms with Crippen molar-refractivity contribution < 1.29 is 4.42 Å². The van der Waals surface area contributed by atoms with Crippen LogP contribution in [-0.2, 0) is 0 Å². The summed E-state index contributed by atoms with van der Waals surface area (Å²) in [5.41, 5.74) is 11.2. The highest BCUT2D eigenvalue weighted by Crippen LogP contribution is 2.39. The average molecular weight is 654 g/mol. The zero-order valence-corrected chi connectivity index (χ0v) is 27.2. The van der Waals surface area contributed by atoms with Crippen molar-refractivity contribution in [1.82, 2.24) is 19.9 Å². The Kier molecular flexibility index (Phi) is 7.42. The molecule has 0 saturated heterocycles. The van der Waals surface area contributed by atoms with E-state index < -0.39 is 0 Å². The highest BCUT2D eigenvalue weighted by Gasteiger charge is 2.17. The summed E-state index contributed by atoms with van der Waals surface area (Å²) in [6, 6.07) is 52.8. The Balaban J connectivity index is 1.13. The number of fused-ring (bicyclic) bond motifs is 3. The van der Waals surface area contributed by atoms with Gasteiger partial charge in [-0.05, 0) is 75.8 Å². The van der Waals surface area contributed by atoms with Crippen molar-refractivity contribution >= 4 is 21.9 Å². The van der Waals surface area contributed by atoms with Crippen LogP contribution in [0.15, 0.2) is 168 Å². The first-order valence-electron chi connectivity index (χ1n) is 16.6. The van der Waals surface area contributed by atoms with E-state index in [1.165, 1.54) is 0 Å². The molecule has 51 heavy (non-hydrogen) atoms. The first kappa shape index (κ1) is 29.9. The molecule has 6 heteroatoms. The van der Waals surface area contributed by atoms with E-state index in [1.807, 2.05) is 103 Å². The van der Waals surface area contributed by atoms with Gasteiger partial charge in [-0.25, -0.2) is 15.0 Å². The minimum Gasteiger partial charge on any atom is -0.456 e. The Morgan fingerprint density at radius 3 is 1.80 bits per heavy atom. The molecule has 0 amide bonds. The molecule has 0 aliphatic carbocycles. The SMILES string of the molecule is N#Cc1ccc(-c2cccc(-c3nc(-c4ccccc4)nc(-c4ccc5c(c4)oc4cccc(-c6ccc(-c7cccnc7)cc6)c45)n3)c2)cc1. The third kappa shape index (κ3) is 5.69. The van der Waals surface area contributed by atoms with Crippen LogP contribution in [0.4, 0.5) is 0 Å².